The predicted molar refractivity (Wildman–Crippen MR) is 151 cm³/mol. The molecule has 3 aromatic rings. The third kappa shape index (κ3) is 6.57. The highest BCUT2D eigenvalue weighted by Crippen LogP contribution is 2.38. The molecule has 1 aliphatic rings. The first kappa shape index (κ1) is 28.1. The van der Waals surface area contributed by atoms with Gasteiger partial charge >= 0.3 is 0 Å². The second-order valence-corrected chi connectivity index (χ2v) is 12.6. The highest BCUT2D eigenvalue weighted by Gasteiger charge is 2.41. The van der Waals surface area contributed by atoms with Gasteiger partial charge in [0, 0.05) is 43.5 Å². The zero-order chi connectivity index (χ0) is 27.3. The highest BCUT2D eigenvalue weighted by molar-refractivity contribution is 7.89. The van der Waals surface area contributed by atoms with E-state index in [-0.39, 0.29) is 12.3 Å². The van der Waals surface area contributed by atoms with Crippen LogP contribution in [0.4, 0.5) is 0 Å². The first-order chi connectivity index (χ1) is 18.1. The van der Waals surface area contributed by atoms with Gasteiger partial charge in [0.1, 0.15) is 5.75 Å². The van der Waals surface area contributed by atoms with Crippen LogP contribution < -0.4 is 4.74 Å². The van der Waals surface area contributed by atoms with Gasteiger partial charge in [0.05, 0.1) is 11.5 Å². The molecule has 6 nitrogen and oxygen atoms in total. The van der Waals surface area contributed by atoms with E-state index in [0.29, 0.717) is 54.8 Å². The van der Waals surface area contributed by atoms with E-state index >= 15 is 0 Å². The van der Waals surface area contributed by atoms with Gasteiger partial charge in [0.25, 0.3) is 0 Å². The standard InChI is InChI=1S/C30H35ClN2O4S/c1-23-9-7-8-12-28(23)38(35,36)33-17-15-30(16-18-33,22-37-26-13-14-27(31)24(2)19-26)20-29(34)32(3)21-25-10-5-4-6-11-25/h4-14,19H,15-18,20-22H2,1-3H3. The van der Waals surface area contributed by atoms with Crippen LogP contribution in [-0.2, 0) is 21.4 Å². The van der Waals surface area contributed by atoms with Crippen molar-refractivity contribution in [3.8, 4) is 5.75 Å². The third-order valence-electron chi connectivity index (χ3n) is 7.38. The number of rotatable bonds is 9. The second-order valence-electron chi connectivity index (χ2n) is 10.3. The van der Waals surface area contributed by atoms with Gasteiger partial charge in [-0.25, -0.2) is 8.42 Å². The van der Waals surface area contributed by atoms with Crippen LogP contribution in [0.1, 0.15) is 36.0 Å². The molecule has 4 rings (SSSR count). The lowest BCUT2D eigenvalue weighted by Gasteiger charge is -2.41. The number of sulfonamides is 1. The van der Waals surface area contributed by atoms with E-state index in [9.17, 15) is 13.2 Å². The third-order valence-corrected chi connectivity index (χ3v) is 9.87. The molecule has 8 heteroatoms. The molecule has 0 saturated carbocycles. The molecule has 1 aliphatic heterocycles. The molecule has 1 fully saturated rings. The number of hydrogen-bond donors (Lipinski definition) is 0. The Balaban J connectivity index is 1.51. The summed E-state index contributed by atoms with van der Waals surface area (Å²) in [6.07, 6.45) is 1.33. The minimum Gasteiger partial charge on any atom is -0.493 e. The topological polar surface area (TPSA) is 66.9 Å². The van der Waals surface area contributed by atoms with E-state index in [1.165, 1.54) is 4.31 Å². The lowest BCUT2D eigenvalue weighted by molar-refractivity contribution is -0.134. The molecule has 0 unspecified atom stereocenters. The second kappa shape index (κ2) is 11.9. The molecular weight excluding hydrogens is 520 g/mol. The van der Waals surface area contributed by atoms with Crippen LogP contribution in [-0.4, -0.2) is 50.3 Å². The monoisotopic (exact) mass is 554 g/mol. The van der Waals surface area contributed by atoms with Crippen molar-refractivity contribution in [1.29, 1.82) is 0 Å². The Morgan fingerprint density at radius 1 is 0.974 bits per heavy atom. The van der Waals surface area contributed by atoms with Crippen LogP contribution in [0.15, 0.2) is 77.7 Å². The Bertz CT molecular complexity index is 1370. The maximum Gasteiger partial charge on any atom is 0.243 e. The number of carbonyl (C=O) groups is 1. The summed E-state index contributed by atoms with van der Waals surface area (Å²) >= 11 is 6.18. The average molecular weight is 555 g/mol. The number of hydrogen-bond acceptors (Lipinski definition) is 4. The predicted octanol–water partition coefficient (Wildman–Crippen LogP) is 5.86. The summed E-state index contributed by atoms with van der Waals surface area (Å²) < 4.78 is 34.6. The van der Waals surface area contributed by atoms with Gasteiger partial charge < -0.3 is 9.64 Å². The number of nitrogens with zero attached hydrogens (tertiary/aromatic N) is 2. The van der Waals surface area contributed by atoms with Crippen molar-refractivity contribution in [1.82, 2.24) is 9.21 Å². The summed E-state index contributed by atoms with van der Waals surface area (Å²) in [5, 5.41) is 0.666. The lowest BCUT2D eigenvalue weighted by Crippen LogP contribution is -2.47. The van der Waals surface area contributed by atoms with E-state index in [2.05, 4.69) is 0 Å². The van der Waals surface area contributed by atoms with Gasteiger partial charge in [-0.1, -0.05) is 60.1 Å². The van der Waals surface area contributed by atoms with Crippen LogP contribution in [0, 0.1) is 19.3 Å². The fraction of sp³-hybridized carbons (Fsp3) is 0.367. The van der Waals surface area contributed by atoms with Crippen molar-refractivity contribution >= 4 is 27.5 Å². The largest absolute Gasteiger partial charge is 0.493 e. The molecule has 0 atom stereocenters. The molecule has 0 bridgehead atoms. The fourth-order valence-electron chi connectivity index (χ4n) is 4.90. The number of piperidine rings is 1. The van der Waals surface area contributed by atoms with Crippen molar-refractivity contribution in [2.45, 2.75) is 44.6 Å². The number of halogens is 1. The van der Waals surface area contributed by atoms with E-state index in [1.807, 2.05) is 75.5 Å². The van der Waals surface area contributed by atoms with Gasteiger partial charge in [0.15, 0.2) is 0 Å². The van der Waals surface area contributed by atoms with E-state index < -0.39 is 15.4 Å². The lowest BCUT2D eigenvalue weighted by atomic mass is 9.76. The van der Waals surface area contributed by atoms with E-state index in [0.717, 1.165) is 16.7 Å². The molecule has 0 radical (unpaired) electrons. The van der Waals surface area contributed by atoms with Crippen LogP contribution in [0.2, 0.25) is 5.02 Å². The summed E-state index contributed by atoms with van der Waals surface area (Å²) in [7, 11) is -1.81. The Morgan fingerprint density at radius 3 is 2.29 bits per heavy atom. The number of benzene rings is 3. The zero-order valence-corrected chi connectivity index (χ0v) is 23.8. The normalized spacial score (nSPS) is 15.7. The fourth-order valence-corrected chi connectivity index (χ4v) is 6.69. The number of carbonyl (C=O) groups excluding carboxylic acids is 1. The van der Waals surface area contributed by atoms with Crippen molar-refractivity contribution in [2.75, 3.05) is 26.7 Å². The Labute approximate surface area is 231 Å². The van der Waals surface area contributed by atoms with Crippen molar-refractivity contribution in [3.63, 3.8) is 0 Å². The van der Waals surface area contributed by atoms with Crippen LogP contribution in [0.3, 0.4) is 0 Å². The quantitative estimate of drug-likeness (QED) is 0.332. The SMILES string of the molecule is Cc1cc(OCC2(CC(=O)N(C)Cc3ccccc3)CCN(S(=O)(=O)c3ccccc3C)CC2)ccc1Cl. The average Bonchev–Trinajstić information content (AvgIpc) is 2.90. The first-order valence-corrected chi connectivity index (χ1v) is 14.6. The Hall–Kier alpha value is -2.87. The number of amides is 1. The maximum absolute atomic E-state index is 13.4. The summed E-state index contributed by atoms with van der Waals surface area (Å²) in [6, 6.07) is 22.4. The van der Waals surface area contributed by atoms with Crippen molar-refractivity contribution in [3.05, 3.63) is 94.5 Å². The molecule has 1 amide bonds. The van der Waals surface area contributed by atoms with Crippen molar-refractivity contribution in [2.24, 2.45) is 5.41 Å². The molecule has 0 spiro atoms. The van der Waals surface area contributed by atoms with Gasteiger partial charge in [-0.05, 0) is 67.6 Å². The van der Waals surface area contributed by atoms with E-state index in [4.69, 9.17) is 16.3 Å². The molecule has 38 heavy (non-hydrogen) atoms. The molecule has 0 aliphatic carbocycles. The summed E-state index contributed by atoms with van der Waals surface area (Å²) in [5.74, 6) is 0.700. The number of aryl methyl sites for hydroxylation is 2. The van der Waals surface area contributed by atoms with Crippen LogP contribution in [0.5, 0.6) is 5.75 Å². The summed E-state index contributed by atoms with van der Waals surface area (Å²) in [5.41, 5.74) is 2.21. The van der Waals surface area contributed by atoms with Crippen LogP contribution in [0.25, 0.3) is 0 Å². The minimum absolute atomic E-state index is 0.0138. The van der Waals surface area contributed by atoms with Gasteiger partial charge in [0.2, 0.25) is 15.9 Å². The summed E-state index contributed by atoms with van der Waals surface area (Å²) in [6.45, 7) is 5.22. The molecule has 1 saturated heterocycles. The Kier molecular flexibility index (Phi) is 8.81. The van der Waals surface area contributed by atoms with Gasteiger partial charge in [-0.2, -0.15) is 4.31 Å². The first-order valence-electron chi connectivity index (χ1n) is 12.8. The molecular formula is C30H35ClN2O4S. The minimum atomic E-state index is -3.62. The van der Waals surface area contributed by atoms with E-state index in [1.54, 1.807) is 23.1 Å². The van der Waals surface area contributed by atoms with Gasteiger partial charge in [-0.3, -0.25) is 4.79 Å². The number of ether oxygens (including phenoxy) is 1. The molecule has 202 valence electrons. The smallest absolute Gasteiger partial charge is 0.243 e. The molecule has 3 aromatic carbocycles. The summed E-state index contributed by atoms with van der Waals surface area (Å²) in [4.78, 5) is 15.5. The molecule has 0 N–H and O–H groups in total. The maximum atomic E-state index is 13.4. The zero-order valence-electron chi connectivity index (χ0n) is 22.2. The Morgan fingerprint density at radius 2 is 1.63 bits per heavy atom. The van der Waals surface area contributed by atoms with Crippen LogP contribution >= 0.6 is 11.6 Å². The van der Waals surface area contributed by atoms with Gasteiger partial charge in [-0.15, -0.1) is 0 Å². The highest BCUT2D eigenvalue weighted by atomic mass is 35.5. The van der Waals surface area contributed by atoms with Crippen molar-refractivity contribution < 1.29 is 17.9 Å². The molecule has 1 heterocycles. The molecule has 0 aromatic heterocycles.